The number of nitrogens with two attached hydrogens (primary N) is 1. The number of primary amides is 1. The first-order valence-electron chi connectivity index (χ1n) is 9.06. The van der Waals surface area contributed by atoms with Crippen molar-refractivity contribution in [3.05, 3.63) is 17.5 Å². The summed E-state index contributed by atoms with van der Waals surface area (Å²) in [7, 11) is 0. The van der Waals surface area contributed by atoms with Crippen molar-refractivity contribution in [3.8, 4) is 0 Å². The smallest absolute Gasteiger partial charge is 0.273 e. The van der Waals surface area contributed by atoms with Crippen LogP contribution in [0.5, 0.6) is 0 Å². The first kappa shape index (κ1) is 14.5. The molecule has 5 aliphatic rings. The summed E-state index contributed by atoms with van der Waals surface area (Å²) < 4.78 is 5.30. The van der Waals surface area contributed by atoms with Crippen molar-refractivity contribution >= 4 is 11.8 Å². The highest BCUT2D eigenvalue weighted by molar-refractivity contribution is 5.93. The molecule has 2 atom stereocenters. The minimum atomic E-state index is -0.416. The van der Waals surface area contributed by atoms with Gasteiger partial charge < -0.3 is 15.6 Å². The number of hydrogen-bond donors (Lipinski definition) is 2. The van der Waals surface area contributed by atoms with E-state index in [1.807, 2.05) is 0 Å². The zero-order valence-electron chi connectivity index (χ0n) is 13.7. The first-order chi connectivity index (χ1) is 11.5. The van der Waals surface area contributed by atoms with E-state index >= 15 is 0 Å². The molecule has 6 heteroatoms. The van der Waals surface area contributed by atoms with Crippen molar-refractivity contribution in [2.75, 3.05) is 0 Å². The van der Waals surface area contributed by atoms with Crippen LogP contribution < -0.4 is 11.1 Å². The molecule has 5 fully saturated rings. The zero-order chi connectivity index (χ0) is 16.5. The van der Waals surface area contributed by atoms with E-state index in [0.717, 1.165) is 44.3 Å². The monoisotopic (exact) mass is 329 g/mol. The third kappa shape index (κ3) is 2.11. The van der Waals surface area contributed by atoms with Crippen molar-refractivity contribution in [1.29, 1.82) is 0 Å². The second kappa shape index (κ2) is 4.61. The van der Waals surface area contributed by atoms with Gasteiger partial charge in [0.1, 0.15) is 5.76 Å². The Labute approximate surface area is 140 Å². The Bertz CT molecular complexity index is 707. The number of carbonyl (C=O) groups is 2. The Kier molecular flexibility index (Phi) is 2.78. The Morgan fingerprint density at radius 2 is 1.92 bits per heavy atom. The highest BCUT2D eigenvalue weighted by atomic mass is 16.5. The molecule has 24 heavy (non-hydrogen) atoms. The molecule has 128 valence electrons. The van der Waals surface area contributed by atoms with Crippen LogP contribution >= 0.6 is 0 Å². The van der Waals surface area contributed by atoms with Crippen molar-refractivity contribution < 1.29 is 14.1 Å². The minimum Gasteiger partial charge on any atom is -0.369 e. The second-order valence-corrected chi connectivity index (χ2v) is 8.73. The van der Waals surface area contributed by atoms with Gasteiger partial charge >= 0.3 is 0 Å². The van der Waals surface area contributed by atoms with Crippen LogP contribution in [0.3, 0.4) is 0 Å². The molecule has 6 rings (SSSR count). The van der Waals surface area contributed by atoms with Gasteiger partial charge in [-0.1, -0.05) is 5.16 Å². The molecule has 5 saturated carbocycles. The van der Waals surface area contributed by atoms with Crippen molar-refractivity contribution in [2.45, 2.75) is 62.8 Å². The molecular weight excluding hydrogens is 306 g/mol. The molecule has 0 radical (unpaired) electrons. The van der Waals surface area contributed by atoms with Crippen molar-refractivity contribution in [2.24, 2.45) is 23.0 Å². The van der Waals surface area contributed by atoms with E-state index in [4.69, 9.17) is 10.3 Å². The standard InChI is InChI=1S/C18H23N3O3/c19-16(23)17-5-10-3-11(6-17)8-18(7-10,9-17)20-15(22)13-4-14(24-21-13)12-1-2-12/h4,10-12H,1-3,5-9H2,(H2,19,23)(H,20,22). The lowest BCUT2D eigenvalue weighted by atomic mass is 9.46. The van der Waals surface area contributed by atoms with Gasteiger partial charge in [-0.2, -0.15) is 0 Å². The zero-order valence-corrected chi connectivity index (χ0v) is 13.7. The van der Waals surface area contributed by atoms with Gasteiger partial charge in [0.2, 0.25) is 5.91 Å². The number of nitrogens with one attached hydrogen (secondary N) is 1. The van der Waals surface area contributed by atoms with Gasteiger partial charge in [0.05, 0.1) is 5.41 Å². The molecule has 0 aliphatic heterocycles. The van der Waals surface area contributed by atoms with Crippen LogP contribution in [0, 0.1) is 17.3 Å². The number of amides is 2. The minimum absolute atomic E-state index is 0.174. The number of carbonyl (C=O) groups excluding carboxylic acids is 2. The molecule has 2 unspecified atom stereocenters. The van der Waals surface area contributed by atoms with E-state index in [2.05, 4.69) is 10.5 Å². The van der Waals surface area contributed by atoms with Crippen LogP contribution in [0.4, 0.5) is 0 Å². The third-order valence-electron chi connectivity index (χ3n) is 6.70. The molecule has 3 N–H and O–H groups in total. The summed E-state index contributed by atoms with van der Waals surface area (Å²) >= 11 is 0. The molecule has 4 bridgehead atoms. The lowest BCUT2D eigenvalue weighted by molar-refractivity contribution is -0.146. The number of rotatable bonds is 4. The average Bonchev–Trinajstić information content (AvgIpc) is 3.22. The van der Waals surface area contributed by atoms with E-state index in [1.165, 1.54) is 6.42 Å². The van der Waals surface area contributed by atoms with Gasteiger partial charge in [-0.05, 0) is 63.2 Å². The summed E-state index contributed by atoms with van der Waals surface area (Å²) in [4.78, 5) is 24.8. The van der Waals surface area contributed by atoms with Gasteiger partial charge in [-0.3, -0.25) is 9.59 Å². The Morgan fingerprint density at radius 3 is 2.54 bits per heavy atom. The predicted molar refractivity (Wildman–Crippen MR) is 85.0 cm³/mol. The molecule has 0 aromatic carbocycles. The Balaban J connectivity index is 1.39. The van der Waals surface area contributed by atoms with E-state index in [9.17, 15) is 9.59 Å². The highest BCUT2D eigenvalue weighted by Crippen LogP contribution is 2.61. The molecule has 6 nitrogen and oxygen atoms in total. The van der Waals surface area contributed by atoms with Gasteiger partial charge in [0.25, 0.3) is 5.91 Å². The summed E-state index contributed by atoms with van der Waals surface area (Å²) in [5.41, 5.74) is 5.41. The lowest BCUT2D eigenvalue weighted by Crippen LogP contribution is -2.65. The number of aromatic nitrogens is 1. The van der Waals surface area contributed by atoms with Crippen LogP contribution in [-0.2, 0) is 4.79 Å². The molecule has 0 saturated heterocycles. The van der Waals surface area contributed by atoms with Crippen LogP contribution in [0.1, 0.15) is 73.5 Å². The molecule has 1 heterocycles. The second-order valence-electron chi connectivity index (χ2n) is 8.73. The summed E-state index contributed by atoms with van der Waals surface area (Å²) in [5, 5.41) is 7.17. The van der Waals surface area contributed by atoms with Gasteiger partial charge in [-0.25, -0.2) is 0 Å². The number of nitrogens with zero attached hydrogens (tertiary/aromatic N) is 1. The van der Waals surface area contributed by atoms with Gasteiger partial charge in [-0.15, -0.1) is 0 Å². The molecular formula is C18H23N3O3. The average molecular weight is 329 g/mol. The Hall–Kier alpha value is -1.85. The van der Waals surface area contributed by atoms with E-state index in [0.29, 0.717) is 29.9 Å². The fourth-order valence-corrected chi connectivity index (χ4v) is 5.96. The van der Waals surface area contributed by atoms with Crippen molar-refractivity contribution in [1.82, 2.24) is 10.5 Å². The van der Waals surface area contributed by atoms with E-state index < -0.39 is 5.41 Å². The summed E-state index contributed by atoms with van der Waals surface area (Å²) in [6, 6.07) is 1.78. The van der Waals surface area contributed by atoms with Crippen LogP contribution in [0.15, 0.2) is 10.6 Å². The summed E-state index contributed by atoms with van der Waals surface area (Å²) in [5.74, 6) is 1.90. The van der Waals surface area contributed by atoms with Crippen LogP contribution in [0.25, 0.3) is 0 Å². The third-order valence-corrected chi connectivity index (χ3v) is 6.70. The van der Waals surface area contributed by atoms with Gasteiger partial charge in [0, 0.05) is 17.5 Å². The van der Waals surface area contributed by atoms with Gasteiger partial charge in [0.15, 0.2) is 5.69 Å². The SMILES string of the molecule is NC(=O)C12CC3CC(CC(NC(=O)c4cc(C5CC5)on4)(C3)C1)C2. The maximum Gasteiger partial charge on any atom is 0.273 e. The highest BCUT2D eigenvalue weighted by Gasteiger charge is 2.60. The molecule has 1 aromatic heterocycles. The topological polar surface area (TPSA) is 98.2 Å². The summed E-state index contributed by atoms with van der Waals surface area (Å²) in [6.45, 7) is 0. The molecule has 5 aliphatic carbocycles. The Morgan fingerprint density at radius 1 is 1.21 bits per heavy atom. The molecule has 1 aromatic rings. The maximum atomic E-state index is 12.7. The molecule has 2 amide bonds. The molecule has 0 spiro atoms. The van der Waals surface area contributed by atoms with Crippen LogP contribution in [-0.4, -0.2) is 22.5 Å². The van der Waals surface area contributed by atoms with E-state index in [-0.39, 0.29) is 17.4 Å². The quantitative estimate of drug-likeness (QED) is 0.884. The number of hydrogen-bond acceptors (Lipinski definition) is 4. The van der Waals surface area contributed by atoms with E-state index in [1.54, 1.807) is 6.07 Å². The first-order valence-corrected chi connectivity index (χ1v) is 9.06. The van der Waals surface area contributed by atoms with Crippen molar-refractivity contribution in [3.63, 3.8) is 0 Å². The van der Waals surface area contributed by atoms with Crippen LogP contribution in [0.2, 0.25) is 0 Å². The largest absolute Gasteiger partial charge is 0.369 e. The fraction of sp³-hybridized carbons (Fsp3) is 0.722. The predicted octanol–water partition coefficient (Wildman–Crippen LogP) is 2.11. The normalized spacial score (nSPS) is 39.8. The maximum absolute atomic E-state index is 12.7. The lowest BCUT2D eigenvalue weighted by Gasteiger charge is -2.60. The summed E-state index contributed by atoms with van der Waals surface area (Å²) in [6.07, 6.45) is 7.78. The fourth-order valence-electron chi connectivity index (χ4n) is 5.96.